The monoisotopic (exact) mass is 406 g/mol. The molecule has 5 nitrogen and oxygen atoms in total. The molecule has 0 atom stereocenters. The first-order valence-corrected chi connectivity index (χ1v) is 10.2. The molecule has 3 aromatic carbocycles. The third-order valence-electron chi connectivity index (χ3n) is 4.80. The number of fused-ring (bicyclic) bond motifs is 2. The first-order valence-electron chi connectivity index (χ1n) is 9.36. The van der Waals surface area contributed by atoms with E-state index >= 15 is 0 Å². The fraction of sp³-hybridized carbons (Fsp3) is 0.174. The van der Waals surface area contributed by atoms with Crippen LogP contribution in [0.3, 0.4) is 0 Å². The van der Waals surface area contributed by atoms with Crippen LogP contribution in [0.1, 0.15) is 5.56 Å². The maximum absolute atomic E-state index is 13.1. The van der Waals surface area contributed by atoms with E-state index in [-0.39, 0.29) is 6.03 Å². The highest BCUT2D eigenvalue weighted by atomic mass is 32.2. The zero-order valence-corrected chi connectivity index (χ0v) is 17.2. The number of carbonyl (C=O) groups excluding carboxylic acids is 1. The Hall–Kier alpha value is -3.12. The third-order valence-corrected chi connectivity index (χ3v) is 5.93. The second-order valence-electron chi connectivity index (χ2n) is 6.53. The number of methoxy groups -OCH3 is 2. The SMILES string of the molecule is COc1ccc(CCNC(=O)N2c3ccccc3Sc3ccccc32)c(OC)c1. The maximum Gasteiger partial charge on any atom is 0.326 e. The number of amides is 2. The highest BCUT2D eigenvalue weighted by molar-refractivity contribution is 7.99. The second-order valence-corrected chi connectivity index (χ2v) is 7.62. The molecule has 1 N–H and O–H groups in total. The molecule has 0 saturated carbocycles. The number of ether oxygens (including phenoxy) is 2. The number of nitrogens with one attached hydrogen (secondary N) is 1. The Morgan fingerprint density at radius 3 is 2.21 bits per heavy atom. The van der Waals surface area contributed by atoms with Crippen LogP contribution in [0.2, 0.25) is 0 Å². The van der Waals surface area contributed by atoms with Gasteiger partial charge in [0.05, 0.1) is 25.6 Å². The zero-order chi connectivity index (χ0) is 20.2. The average molecular weight is 407 g/mol. The summed E-state index contributed by atoms with van der Waals surface area (Å²) in [7, 11) is 3.26. The van der Waals surface area contributed by atoms with Gasteiger partial charge in [0.1, 0.15) is 11.5 Å². The normalized spacial score (nSPS) is 12.0. The molecule has 29 heavy (non-hydrogen) atoms. The number of benzene rings is 3. The summed E-state index contributed by atoms with van der Waals surface area (Å²) in [6.45, 7) is 0.496. The number of hydrogen-bond acceptors (Lipinski definition) is 4. The van der Waals surface area contributed by atoms with Gasteiger partial charge >= 0.3 is 6.03 Å². The van der Waals surface area contributed by atoms with Gasteiger partial charge in [-0.15, -0.1) is 0 Å². The molecule has 0 aromatic heterocycles. The van der Waals surface area contributed by atoms with Crippen LogP contribution in [0.5, 0.6) is 11.5 Å². The van der Waals surface area contributed by atoms with E-state index in [1.807, 2.05) is 66.7 Å². The third kappa shape index (κ3) is 3.89. The Morgan fingerprint density at radius 1 is 0.931 bits per heavy atom. The van der Waals surface area contributed by atoms with Gasteiger partial charge in [0.15, 0.2) is 0 Å². The van der Waals surface area contributed by atoms with Crippen molar-refractivity contribution in [1.29, 1.82) is 0 Å². The number of para-hydroxylation sites is 2. The standard InChI is InChI=1S/C23H22N2O3S/c1-27-17-12-11-16(20(15-17)28-2)13-14-24-23(26)25-18-7-3-5-9-21(18)29-22-10-6-4-8-19(22)25/h3-12,15H,13-14H2,1-2H3,(H,24,26). The smallest absolute Gasteiger partial charge is 0.326 e. The lowest BCUT2D eigenvalue weighted by molar-refractivity contribution is 0.248. The molecular weight excluding hydrogens is 384 g/mol. The van der Waals surface area contributed by atoms with E-state index in [1.165, 1.54) is 0 Å². The van der Waals surface area contributed by atoms with Crippen molar-refractivity contribution in [2.45, 2.75) is 16.2 Å². The van der Waals surface area contributed by atoms with E-state index in [0.29, 0.717) is 13.0 Å². The van der Waals surface area contributed by atoms with Gasteiger partial charge in [0.25, 0.3) is 0 Å². The first-order chi connectivity index (χ1) is 14.2. The molecule has 0 aliphatic carbocycles. The summed E-state index contributed by atoms with van der Waals surface area (Å²) in [4.78, 5) is 17.0. The minimum atomic E-state index is -0.141. The Bertz CT molecular complexity index is 993. The van der Waals surface area contributed by atoms with Crippen LogP contribution < -0.4 is 19.7 Å². The van der Waals surface area contributed by atoms with Crippen molar-refractivity contribution in [2.24, 2.45) is 0 Å². The number of carbonyl (C=O) groups is 1. The number of rotatable bonds is 5. The van der Waals surface area contributed by atoms with Crippen molar-refractivity contribution in [1.82, 2.24) is 5.32 Å². The van der Waals surface area contributed by atoms with E-state index in [9.17, 15) is 4.79 Å². The van der Waals surface area contributed by atoms with Gasteiger partial charge in [-0.25, -0.2) is 4.79 Å². The molecule has 1 heterocycles. The summed E-state index contributed by atoms with van der Waals surface area (Å²) >= 11 is 1.68. The second kappa shape index (κ2) is 8.49. The lowest BCUT2D eigenvalue weighted by Gasteiger charge is -2.31. The summed E-state index contributed by atoms with van der Waals surface area (Å²) < 4.78 is 10.7. The topological polar surface area (TPSA) is 50.8 Å². The highest BCUT2D eigenvalue weighted by Crippen LogP contribution is 2.47. The Labute approximate surface area is 174 Å². The van der Waals surface area contributed by atoms with Crippen LogP contribution in [0, 0.1) is 0 Å². The summed E-state index contributed by atoms with van der Waals surface area (Å²) in [5.74, 6) is 1.50. The molecule has 148 valence electrons. The Morgan fingerprint density at radius 2 is 1.59 bits per heavy atom. The number of nitrogens with zero attached hydrogens (tertiary/aromatic N) is 1. The van der Waals surface area contributed by atoms with Gasteiger partial charge in [-0.1, -0.05) is 42.1 Å². The number of hydrogen-bond donors (Lipinski definition) is 1. The summed E-state index contributed by atoms with van der Waals surface area (Å²) in [5.41, 5.74) is 2.81. The van der Waals surface area contributed by atoms with Crippen molar-refractivity contribution in [3.8, 4) is 11.5 Å². The molecule has 4 rings (SSSR count). The van der Waals surface area contributed by atoms with Crippen LogP contribution in [0.25, 0.3) is 0 Å². The van der Waals surface area contributed by atoms with Crippen molar-refractivity contribution in [3.63, 3.8) is 0 Å². The van der Waals surface area contributed by atoms with Gasteiger partial charge < -0.3 is 14.8 Å². The van der Waals surface area contributed by atoms with E-state index in [4.69, 9.17) is 9.47 Å². The van der Waals surface area contributed by atoms with Gasteiger partial charge in [0.2, 0.25) is 0 Å². The van der Waals surface area contributed by atoms with Crippen LogP contribution in [-0.4, -0.2) is 26.8 Å². The summed E-state index contributed by atoms with van der Waals surface area (Å²) in [5, 5.41) is 3.05. The Kier molecular flexibility index (Phi) is 5.62. The van der Waals surface area contributed by atoms with Gasteiger partial charge in [-0.05, 0) is 42.3 Å². The molecule has 2 amide bonds. The largest absolute Gasteiger partial charge is 0.497 e. The van der Waals surface area contributed by atoms with Crippen LogP contribution >= 0.6 is 11.8 Å². The zero-order valence-electron chi connectivity index (χ0n) is 16.3. The molecule has 1 aliphatic heterocycles. The van der Waals surface area contributed by atoms with E-state index in [0.717, 1.165) is 38.2 Å². The Balaban J connectivity index is 1.51. The fourth-order valence-corrected chi connectivity index (χ4v) is 4.42. The first kappa shape index (κ1) is 19.2. The predicted molar refractivity (Wildman–Crippen MR) is 116 cm³/mol. The maximum atomic E-state index is 13.1. The van der Waals surface area contributed by atoms with Crippen molar-refractivity contribution in [3.05, 3.63) is 72.3 Å². The lowest BCUT2D eigenvalue weighted by atomic mass is 10.1. The highest BCUT2D eigenvalue weighted by Gasteiger charge is 2.27. The average Bonchev–Trinajstić information content (AvgIpc) is 2.77. The van der Waals surface area contributed by atoms with Crippen molar-refractivity contribution in [2.75, 3.05) is 25.7 Å². The molecule has 0 bridgehead atoms. The van der Waals surface area contributed by atoms with Gasteiger partial charge in [-0.3, -0.25) is 4.90 Å². The molecule has 1 aliphatic rings. The molecule has 0 radical (unpaired) electrons. The van der Waals surface area contributed by atoms with E-state index in [2.05, 4.69) is 5.32 Å². The number of urea groups is 1. The number of anilines is 2. The predicted octanol–water partition coefficient (Wildman–Crippen LogP) is 5.26. The van der Waals surface area contributed by atoms with Crippen LogP contribution in [0.4, 0.5) is 16.2 Å². The summed E-state index contributed by atoms with van der Waals surface area (Å²) in [6, 6.07) is 21.5. The fourth-order valence-electron chi connectivity index (χ4n) is 3.36. The van der Waals surface area contributed by atoms with Crippen LogP contribution in [0.15, 0.2) is 76.5 Å². The van der Waals surface area contributed by atoms with Crippen molar-refractivity contribution >= 4 is 29.2 Å². The van der Waals surface area contributed by atoms with E-state index in [1.54, 1.807) is 30.9 Å². The molecular formula is C23H22N2O3S. The van der Waals surface area contributed by atoms with Crippen molar-refractivity contribution < 1.29 is 14.3 Å². The molecule has 3 aromatic rings. The quantitative estimate of drug-likeness (QED) is 0.628. The molecule has 0 saturated heterocycles. The molecule has 6 heteroatoms. The van der Waals surface area contributed by atoms with Gasteiger partial charge in [0, 0.05) is 22.4 Å². The van der Waals surface area contributed by atoms with Crippen LogP contribution in [-0.2, 0) is 6.42 Å². The molecule has 0 fully saturated rings. The lowest BCUT2D eigenvalue weighted by Crippen LogP contribution is -2.39. The summed E-state index contributed by atoms with van der Waals surface area (Å²) in [6.07, 6.45) is 0.658. The molecule has 0 unspecified atom stereocenters. The van der Waals surface area contributed by atoms with Gasteiger partial charge in [-0.2, -0.15) is 0 Å². The minimum absolute atomic E-state index is 0.141. The molecule has 0 spiro atoms. The minimum Gasteiger partial charge on any atom is -0.497 e. The van der Waals surface area contributed by atoms with E-state index < -0.39 is 0 Å².